The van der Waals surface area contributed by atoms with Gasteiger partial charge >= 0.3 is 18.3 Å². The molecule has 3 aliphatic rings. The van der Waals surface area contributed by atoms with E-state index in [2.05, 4.69) is 0 Å². The van der Waals surface area contributed by atoms with Gasteiger partial charge in [-0.05, 0) is 31.5 Å². The highest BCUT2D eigenvalue weighted by Crippen LogP contribution is 2.55. The second-order valence-corrected chi connectivity index (χ2v) is 7.71. The molecule has 1 aromatic rings. The number of amides is 2. The second kappa shape index (κ2) is 10.4. The molecule has 0 fully saturated rings. The monoisotopic (exact) mass is 507 g/mol. The molecule has 0 aromatic heterocycles. The molecule has 1 aromatic carbocycles. The third-order valence-corrected chi connectivity index (χ3v) is 5.41. The standard InChI is InChI=1S/C26H21NO10/c1-3-34-25(32)36-21-15-11-9-14(13-19(28)29)10-12-16(15)22(37-26(33)35-4-2)20(21)27-23(30)17-7-5-6-8-18(17)24(27)31/h5-12H,3-4,13H2,1-2H3,(H,28,29). The maximum atomic E-state index is 13.3. The van der Waals surface area contributed by atoms with Gasteiger partial charge in [0.2, 0.25) is 0 Å². The first-order valence-corrected chi connectivity index (χ1v) is 11.2. The Kier molecular flexibility index (Phi) is 7.05. The van der Waals surface area contributed by atoms with Gasteiger partial charge in [-0.15, -0.1) is 0 Å². The summed E-state index contributed by atoms with van der Waals surface area (Å²) in [7, 11) is 0. The summed E-state index contributed by atoms with van der Waals surface area (Å²) >= 11 is 0. The Labute approximate surface area is 210 Å². The molecule has 4 rings (SSSR count). The van der Waals surface area contributed by atoms with Crippen molar-refractivity contribution >= 4 is 35.8 Å². The normalized spacial score (nSPS) is 12.3. The molecule has 0 unspecified atom stereocenters. The van der Waals surface area contributed by atoms with Crippen LogP contribution in [0.25, 0.3) is 11.1 Å². The van der Waals surface area contributed by atoms with E-state index in [1.807, 2.05) is 0 Å². The van der Waals surface area contributed by atoms with Crippen molar-refractivity contribution < 1.29 is 48.0 Å². The zero-order valence-electron chi connectivity index (χ0n) is 19.8. The minimum Gasteiger partial charge on any atom is -0.481 e. The molecule has 0 bridgehead atoms. The van der Waals surface area contributed by atoms with Crippen LogP contribution in [0.15, 0.2) is 48.5 Å². The maximum Gasteiger partial charge on any atom is 0.513 e. The maximum absolute atomic E-state index is 13.3. The predicted octanol–water partition coefficient (Wildman–Crippen LogP) is 4.29. The molecule has 1 aliphatic heterocycles. The average molecular weight is 507 g/mol. The number of fused-ring (bicyclic) bond motifs is 2. The minimum atomic E-state index is -1.13. The van der Waals surface area contributed by atoms with Gasteiger partial charge in [-0.25, -0.2) is 14.5 Å². The van der Waals surface area contributed by atoms with Gasteiger partial charge in [0.1, 0.15) is 5.69 Å². The number of benzene rings is 1. The summed E-state index contributed by atoms with van der Waals surface area (Å²) in [6, 6.07) is 11.9. The van der Waals surface area contributed by atoms with Gasteiger partial charge in [0.25, 0.3) is 11.8 Å². The third-order valence-electron chi connectivity index (χ3n) is 5.41. The Bertz CT molecular complexity index is 1300. The quantitative estimate of drug-likeness (QED) is 0.363. The van der Waals surface area contributed by atoms with Gasteiger partial charge in [0.15, 0.2) is 11.5 Å². The lowest BCUT2D eigenvalue weighted by Crippen LogP contribution is -2.30. The molecule has 2 amide bonds. The summed E-state index contributed by atoms with van der Waals surface area (Å²) in [5, 5.41) is 9.18. The van der Waals surface area contributed by atoms with Crippen LogP contribution in [-0.2, 0) is 20.7 Å². The summed E-state index contributed by atoms with van der Waals surface area (Å²) in [4.78, 5) is 63.4. The van der Waals surface area contributed by atoms with Crippen molar-refractivity contribution in [2.75, 3.05) is 18.1 Å². The number of nitrogens with zero attached hydrogens (tertiary/aromatic N) is 1. The number of carbonyl (C=O) groups is 5. The number of anilines is 1. The van der Waals surface area contributed by atoms with Crippen molar-refractivity contribution in [2.45, 2.75) is 20.3 Å². The Morgan fingerprint density at radius 2 is 1.19 bits per heavy atom. The number of ether oxygens (including phenoxy) is 4. The Hall–Kier alpha value is -4.93. The molecule has 37 heavy (non-hydrogen) atoms. The van der Waals surface area contributed by atoms with Crippen LogP contribution in [-0.4, -0.2) is 48.4 Å². The zero-order chi connectivity index (χ0) is 26.7. The Morgan fingerprint density at radius 3 is 1.59 bits per heavy atom. The molecule has 1 N–H and O–H groups in total. The molecule has 0 radical (unpaired) electrons. The molecule has 2 aliphatic carbocycles. The first kappa shape index (κ1) is 25.2. The number of carbonyl (C=O) groups excluding carboxylic acids is 4. The van der Waals surface area contributed by atoms with E-state index in [1.54, 1.807) is 26.0 Å². The highest BCUT2D eigenvalue weighted by molar-refractivity contribution is 6.36. The van der Waals surface area contributed by atoms with Crippen molar-refractivity contribution in [3.63, 3.8) is 0 Å². The van der Waals surface area contributed by atoms with Gasteiger partial charge in [-0.1, -0.05) is 36.4 Å². The molecule has 0 saturated carbocycles. The number of carboxylic acid groups (broad SMARTS) is 1. The molecule has 11 nitrogen and oxygen atoms in total. The van der Waals surface area contributed by atoms with Crippen LogP contribution in [0.5, 0.6) is 11.5 Å². The smallest absolute Gasteiger partial charge is 0.481 e. The van der Waals surface area contributed by atoms with Crippen LogP contribution in [0, 0.1) is 0 Å². The number of rotatable bonds is 7. The summed E-state index contributed by atoms with van der Waals surface area (Å²) in [5.74, 6) is -3.12. The Morgan fingerprint density at radius 1 is 0.730 bits per heavy atom. The number of hydrogen-bond donors (Lipinski definition) is 1. The van der Waals surface area contributed by atoms with Crippen molar-refractivity contribution in [3.8, 4) is 22.6 Å². The number of aliphatic carboxylic acids is 1. The van der Waals surface area contributed by atoms with Crippen molar-refractivity contribution in [2.24, 2.45) is 0 Å². The van der Waals surface area contributed by atoms with Gasteiger partial charge in [-0.2, -0.15) is 0 Å². The van der Waals surface area contributed by atoms with Crippen LogP contribution in [0.2, 0.25) is 0 Å². The lowest BCUT2D eigenvalue weighted by Gasteiger charge is -2.17. The summed E-state index contributed by atoms with van der Waals surface area (Å²) in [6.07, 6.45) is -2.58. The largest absolute Gasteiger partial charge is 0.513 e. The van der Waals surface area contributed by atoms with E-state index in [-0.39, 0.29) is 59.1 Å². The van der Waals surface area contributed by atoms with E-state index < -0.39 is 30.1 Å². The summed E-state index contributed by atoms with van der Waals surface area (Å²) in [6.45, 7) is 3.07. The first-order chi connectivity index (χ1) is 17.8. The fourth-order valence-corrected chi connectivity index (χ4v) is 3.93. The zero-order valence-corrected chi connectivity index (χ0v) is 19.8. The van der Waals surface area contributed by atoms with E-state index in [4.69, 9.17) is 18.9 Å². The SMILES string of the molecule is CCOC(=O)Oc1c2ccc(CC(=O)O)ccc-2c(OC(=O)OCC)c1N1C(=O)c2ccccc2C1=O. The van der Waals surface area contributed by atoms with Gasteiger partial charge in [0, 0.05) is 11.1 Å². The molecule has 0 atom stereocenters. The fraction of sp³-hybridized carbons (Fsp3) is 0.192. The van der Waals surface area contributed by atoms with E-state index >= 15 is 0 Å². The first-order valence-electron chi connectivity index (χ1n) is 11.2. The van der Waals surface area contributed by atoms with Crippen LogP contribution in [0.3, 0.4) is 0 Å². The van der Waals surface area contributed by atoms with Crippen LogP contribution in [0.4, 0.5) is 15.3 Å². The predicted molar refractivity (Wildman–Crippen MR) is 127 cm³/mol. The minimum absolute atomic E-state index is 0.0253. The van der Waals surface area contributed by atoms with Crippen LogP contribution in [0.1, 0.15) is 40.1 Å². The molecule has 0 saturated heterocycles. The van der Waals surface area contributed by atoms with Crippen LogP contribution < -0.4 is 14.4 Å². The second-order valence-electron chi connectivity index (χ2n) is 7.71. The van der Waals surface area contributed by atoms with Crippen molar-refractivity contribution in [1.82, 2.24) is 0 Å². The van der Waals surface area contributed by atoms with Crippen LogP contribution >= 0.6 is 0 Å². The van der Waals surface area contributed by atoms with E-state index in [9.17, 15) is 29.1 Å². The lowest BCUT2D eigenvalue weighted by atomic mass is 10.1. The van der Waals surface area contributed by atoms with Gasteiger partial charge in [0.05, 0.1) is 30.8 Å². The number of hydrogen-bond acceptors (Lipinski definition) is 9. The highest BCUT2D eigenvalue weighted by Gasteiger charge is 2.43. The molecule has 190 valence electrons. The molecule has 11 heteroatoms. The van der Waals surface area contributed by atoms with E-state index in [0.717, 1.165) is 4.90 Å². The van der Waals surface area contributed by atoms with Gasteiger partial charge in [-0.3, -0.25) is 14.4 Å². The molecular formula is C26H21NO10. The van der Waals surface area contributed by atoms with Crippen molar-refractivity contribution in [1.29, 1.82) is 0 Å². The number of carboxylic acids is 1. The number of imide groups is 1. The molecular weight excluding hydrogens is 486 g/mol. The topological polar surface area (TPSA) is 146 Å². The molecule has 0 spiro atoms. The van der Waals surface area contributed by atoms with E-state index in [0.29, 0.717) is 5.56 Å². The molecule has 1 heterocycles. The fourth-order valence-electron chi connectivity index (χ4n) is 3.93. The van der Waals surface area contributed by atoms with Gasteiger partial charge < -0.3 is 24.1 Å². The lowest BCUT2D eigenvalue weighted by molar-refractivity contribution is -0.136. The average Bonchev–Trinajstić information content (AvgIpc) is 3.14. The van der Waals surface area contributed by atoms with Crippen molar-refractivity contribution in [3.05, 3.63) is 65.2 Å². The summed E-state index contributed by atoms with van der Waals surface area (Å²) < 4.78 is 20.7. The third kappa shape index (κ3) is 4.79. The summed E-state index contributed by atoms with van der Waals surface area (Å²) in [5.41, 5.74) is 0.599. The van der Waals surface area contributed by atoms with E-state index in [1.165, 1.54) is 36.4 Å². The highest BCUT2D eigenvalue weighted by atomic mass is 16.7. The Balaban J connectivity index is 1.99.